The summed E-state index contributed by atoms with van der Waals surface area (Å²) in [6.45, 7) is 3.07. The molecule has 1 aromatic heterocycles. The van der Waals surface area contributed by atoms with Gasteiger partial charge in [-0.25, -0.2) is 4.98 Å². The molecule has 1 amide bonds. The van der Waals surface area contributed by atoms with E-state index in [1.807, 2.05) is 0 Å². The Morgan fingerprint density at radius 1 is 1.50 bits per heavy atom. The molecule has 20 heavy (non-hydrogen) atoms. The lowest BCUT2D eigenvalue weighted by atomic mass is 9.78. The van der Waals surface area contributed by atoms with Gasteiger partial charge in [0, 0.05) is 13.0 Å². The second-order valence-corrected chi connectivity index (χ2v) is 5.76. The van der Waals surface area contributed by atoms with Crippen LogP contribution in [0.4, 0.5) is 0 Å². The number of aryl methyl sites for hydroxylation is 1. The Kier molecular flexibility index (Phi) is 5.11. The van der Waals surface area contributed by atoms with Crippen LogP contribution in [0.5, 0.6) is 0 Å². The first-order valence-corrected chi connectivity index (χ1v) is 7.43. The van der Waals surface area contributed by atoms with Crippen LogP contribution < -0.4 is 5.32 Å². The van der Waals surface area contributed by atoms with E-state index >= 15 is 0 Å². The smallest absolute Gasteiger partial charge is 0.221 e. The van der Waals surface area contributed by atoms with Crippen LogP contribution in [0.15, 0.2) is 12.7 Å². The third kappa shape index (κ3) is 4.30. The number of carbonyl (C=O) groups is 1. The molecular formula is C14H24N4O2. The van der Waals surface area contributed by atoms with E-state index in [4.69, 9.17) is 0 Å². The summed E-state index contributed by atoms with van der Waals surface area (Å²) in [5.74, 6) is 0.685. The minimum absolute atomic E-state index is 0.0495. The van der Waals surface area contributed by atoms with Gasteiger partial charge in [-0.05, 0) is 31.6 Å². The van der Waals surface area contributed by atoms with Gasteiger partial charge in [0.2, 0.25) is 5.91 Å². The van der Waals surface area contributed by atoms with Crippen molar-refractivity contribution in [1.82, 2.24) is 20.1 Å². The van der Waals surface area contributed by atoms with Crippen molar-refractivity contribution in [3.05, 3.63) is 12.7 Å². The summed E-state index contributed by atoms with van der Waals surface area (Å²) in [6, 6.07) is 0. The van der Waals surface area contributed by atoms with Crippen molar-refractivity contribution >= 4 is 5.91 Å². The Balaban J connectivity index is 1.67. The molecule has 0 atom stereocenters. The van der Waals surface area contributed by atoms with Crippen LogP contribution in [0.25, 0.3) is 0 Å². The maximum Gasteiger partial charge on any atom is 0.221 e. The first kappa shape index (κ1) is 15.0. The summed E-state index contributed by atoms with van der Waals surface area (Å²) < 4.78 is 1.63. The third-order valence-electron chi connectivity index (χ3n) is 4.26. The molecule has 0 bridgehead atoms. The van der Waals surface area contributed by atoms with Gasteiger partial charge in [0.25, 0.3) is 0 Å². The molecule has 0 spiro atoms. The molecule has 6 heteroatoms. The number of rotatable bonds is 6. The molecular weight excluding hydrogens is 256 g/mol. The van der Waals surface area contributed by atoms with Crippen molar-refractivity contribution in [3.63, 3.8) is 0 Å². The molecule has 112 valence electrons. The average molecular weight is 280 g/mol. The predicted molar refractivity (Wildman–Crippen MR) is 74.8 cm³/mol. The lowest BCUT2D eigenvalue weighted by Crippen LogP contribution is -2.45. The van der Waals surface area contributed by atoms with Crippen molar-refractivity contribution in [3.8, 4) is 0 Å². The van der Waals surface area contributed by atoms with Crippen molar-refractivity contribution < 1.29 is 9.90 Å². The number of aromatic nitrogens is 3. The van der Waals surface area contributed by atoms with Crippen LogP contribution in [0.3, 0.4) is 0 Å². The van der Waals surface area contributed by atoms with Crippen LogP contribution in [0, 0.1) is 5.92 Å². The molecule has 1 heterocycles. The Labute approximate surface area is 119 Å². The van der Waals surface area contributed by atoms with Crippen LogP contribution in [-0.2, 0) is 11.3 Å². The number of hydrogen-bond acceptors (Lipinski definition) is 4. The number of amides is 1. The fourth-order valence-electron chi connectivity index (χ4n) is 2.72. The van der Waals surface area contributed by atoms with Gasteiger partial charge in [0.1, 0.15) is 12.7 Å². The van der Waals surface area contributed by atoms with E-state index in [2.05, 4.69) is 22.3 Å². The molecule has 1 aromatic rings. The molecule has 1 saturated carbocycles. The third-order valence-corrected chi connectivity index (χ3v) is 4.26. The van der Waals surface area contributed by atoms with E-state index in [0.717, 1.165) is 31.6 Å². The summed E-state index contributed by atoms with van der Waals surface area (Å²) >= 11 is 0. The fourth-order valence-corrected chi connectivity index (χ4v) is 2.72. The lowest BCUT2D eigenvalue weighted by Gasteiger charge is -2.35. The molecule has 0 saturated heterocycles. The molecule has 6 nitrogen and oxygen atoms in total. The zero-order chi connectivity index (χ0) is 14.4. The topological polar surface area (TPSA) is 80.0 Å². The second-order valence-electron chi connectivity index (χ2n) is 5.76. The minimum atomic E-state index is -0.714. The van der Waals surface area contributed by atoms with E-state index in [0.29, 0.717) is 19.5 Å². The van der Waals surface area contributed by atoms with E-state index in [-0.39, 0.29) is 5.91 Å². The Bertz CT molecular complexity index is 411. The quantitative estimate of drug-likeness (QED) is 0.818. The van der Waals surface area contributed by atoms with Gasteiger partial charge >= 0.3 is 0 Å². The van der Waals surface area contributed by atoms with Crippen molar-refractivity contribution in [2.45, 2.75) is 57.6 Å². The standard InChI is InChI=1S/C14H24N4O2/c1-2-12-3-6-14(20,7-4-12)9-16-13(19)5-8-18-11-15-10-17-18/h10-12,20H,2-9H2,1H3,(H,16,19). The normalized spacial score (nSPS) is 26.4. The summed E-state index contributed by atoms with van der Waals surface area (Å²) in [7, 11) is 0. The zero-order valence-electron chi connectivity index (χ0n) is 12.1. The minimum Gasteiger partial charge on any atom is -0.388 e. The molecule has 2 rings (SSSR count). The Morgan fingerprint density at radius 3 is 2.85 bits per heavy atom. The first-order valence-electron chi connectivity index (χ1n) is 7.43. The fraction of sp³-hybridized carbons (Fsp3) is 0.786. The first-order chi connectivity index (χ1) is 9.61. The van der Waals surface area contributed by atoms with Crippen molar-refractivity contribution in [2.75, 3.05) is 6.54 Å². The predicted octanol–water partition coefficient (Wildman–Crippen LogP) is 1.12. The van der Waals surface area contributed by atoms with E-state index < -0.39 is 5.60 Å². The Hall–Kier alpha value is -1.43. The van der Waals surface area contributed by atoms with Crippen LogP contribution >= 0.6 is 0 Å². The van der Waals surface area contributed by atoms with Crippen molar-refractivity contribution in [2.24, 2.45) is 5.92 Å². The van der Waals surface area contributed by atoms with E-state index in [9.17, 15) is 9.90 Å². The second kappa shape index (κ2) is 6.83. The highest BCUT2D eigenvalue weighted by Gasteiger charge is 2.32. The summed E-state index contributed by atoms with van der Waals surface area (Å²) in [6.07, 6.45) is 8.27. The molecule has 0 unspecified atom stereocenters. The number of carbonyl (C=O) groups excluding carboxylic acids is 1. The molecule has 0 aliphatic heterocycles. The highest BCUT2D eigenvalue weighted by molar-refractivity contribution is 5.75. The van der Waals surface area contributed by atoms with Gasteiger partial charge in [-0.15, -0.1) is 0 Å². The maximum atomic E-state index is 11.8. The van der Waals surface area contributed by atoms with E-state index in [1.54, 1.807) is 11.0 Å². The largest absolute Gasteiger partial charge is 0.388 e. The van der Waals surface area contributed by atoms with E-state index in [1.165, 1.54) is 12.7 Å². The van der Waals surface area contributed by atoms with Crippen molar-refractivity contribution in [1.29, 1.82) is 0 Å². The molecule has 2 N–H and O–H groups in total. The average Bonchev–Trinajstić information content (AvgIpc) is 2.97. The molecule has 1 aliphatic carbocycles. The molecule has 0 radical (unpaired) electrons. The zero-order valence-corrected chi connectivity index (χ0v) is 12.1. The summed E-state index contributed by atoms with van der Waals surface area (Å²) in [5, 5.41) is 17.2. The van der Waals surface area contributed by atoms with Gasteiger partial charge in [0.15, 0.2) is 0 Å². The van der Waals surface area contributed by atoms with Gasteiger partial charge in [-0.2, -0.15) is 5.10 Å². The summed E-state index contributed by atoms with van der Waals surface area (Å²) in [4.78, 5) is 15.6. The summed E-state index contributed by atoms with van der Waals surface area (Å²) in [5.41, 5.74) is -0.714. The number of hydrogen-bond donors (Lipinski definition) is 2. The van der Waals surface area contributed by atoms with Crippen LogP contribution in [0.1, 0.15) is 45.4 Å². The van der Waals surface area contributed by atoms with Gasteiger partial charge in [-0.1, -0.05) is 13.3 Å². The monoisotopic (exact) mass is 280 g/mol. The Morgan fingerprint density at radius 2 is 2.25 bits per heavy atom. The van der Waals surface area contributed by atoms with Gasteiger partial charge in [-0.3, -0.25) is 9.48 Å². The maximum absolute atomic E-state index is 11.8. The van der Waals surface area contributed by atoms with Gasteiger partial charge < -0.3 is 10.4 Å². The lowest BCUT2D eigenvalue weighted by molar-refractivity contribution is -0.123. The molecule has 1 fully saturated rings. The number of nitrogens with one attached hydrogen (secondary N) is 1. The molecule has 0 aromatic carbocycles. The molecule has 1 aliphatic rings. The number of nitrogens with zero attached hydrogens (tertiary/aromatic N) is 3. The number of aliphatic hydroxyl groups is 1. The van der Waals surface area contributed by atoms with Gasteiger partial charge in [0.05, 0.1) is 12.1 Å². The van der Waals surface area contributed by atoms with Crippen LogP contribution in [0.2, 0.25) is 0 Å². The van der Waals surface area contributed by atoms with Crippen LogP contribution in [-0.4, -0.2) is 37.9 Å². The highest BCUT2D eigenvalue weighted by Crippen LogP contribution is 2.33. The SMILES string of the molecule is CCC1CCC(O)(CNC(=O)CCn2cncn2)CC1. The highest BCUT2D eigenvalue weighted by atomic mass is 16.3.